The predicted molar refractivity (Wildman–Crippen MR) is 116 cm³/mol. The van der Waals surface area contributed by atoms with Crippen LogP contribution in [0.3, 0.4) is 0 Å². The third kappa shape index (κ3) is 8.66. The Morgan fingerprint density at radius 1 is 0.966 bits per heavy atom. The molecule has 0 saturated carbocycles. The third-order valence-electron chi connectivity index (χ3n) is 4.07. The third-order valence-corrected chi connectivity index (χ3v) is 4.28. The van der Waals surface area contributed by atoms with Gasteiger partial charge in [-0.25, -0.2) is 0 Å². The molecular weight excluding hydrogens is 388 g/mol. The number of hydrogen-bond donors (Lipinski definition) is 2. The number of carbonyl (C=O) groups is 3. The minimum Gasteiger partial charge on any atom is -0.466 e. The standard InChI is InChI=1S/C22H24N2O4S/c1-16(25)18-9-11-19(12-10-18)23-22(29)24-20(26)13-14-21(27)28-15-5-8-17-6-3-2-4-7-17/h2-4,6-7,9-12H,5,8,13-15H2,1H3,(H2,23,24,26,29). The number of amides is 1. The zero-order valence-corrected chi connectivity index (χ0v) is 17.1. The van der Waals surface area contributed by atoms with E-state index in [1.807, 2.05) is 30.3 Å². The minimum absolute atomic E-state index is 0.00685. The van der Waals surface area contributed by atoms with E-state index in [1.165, 1.54) is 12.5 Å². The molecule has 0 spiro atoms. The molecular formula is C22H24N2O4S. The molecule has 0 heterocycles. The molecule has 0 atom stereocenters. The smallest absolute Gasteiger partial charge is 0.306 e. The van der Waals surface area contributed by atoms with Gasteiger partial charge in [-0.3, -0.25) is 14.4 Å². The number of nitrogens with one attached hydrogen (secondary N) is 2. The van der Waals surface area contributed by atoms with Gasteiger partial charge in [-0.15, -0.1) is 0 Å². The lowest BCUT2D eigenvalue weighted by Gasteiger charge is -2.10. The number of carbonyl (C=O) groups excluding carboxylic acids is 3. The van der Waals surface area contributed by atoms with Crippen molar-refractivity contribution in [1.29, 1.82) is 0 Å². The molecule has 0 fully saturated rings. The Morgan fingerprint density at radius 3 is 2.31 bits per heavy atom. The average molecular weight is 413 g/mol. The molecule has 152 valence electrons. The van der Waals surface area contributed by atoms with Gasteiger partial charge in [-0.1, -0.05) is 30.3 Å². The van der Waals surface area contributed by atoms with Crippen LogP contribution in [-0.2, 0) is 20.7 Å². The molecule has 0 radical (unpaired) electrons. The van der Waals surface area contributed by atoms with E-state index in [4.69, 9.17) is 17.0 Å². The van der Waals surface area contributed by atoms with Gasteiger partial charge in [0.2, 0.25) is 5.91 Å². The van der Waals surface area contributed by atoms with Crippen molar-refractivity contribution in [3.8, 4) is 0 Å². The van der Waals surface area contributed by atoms with Crippen LogP contribution in [0.5, 0.6) is 0 Å². The average Bonchev–Trinajstić information content (AvgIpc) is 2.71. The van der Waals surface area contributed by atoms with Gasteiger partial charge >= 0.3 is 5.97 Å². The van der Waals surface area contributed by atoms with Crippen LogP contribution in [0.25, 0.3) is 0 Å². The van der Waals surface area contributed by atoms with Crippen LogP contribution in [0.1, 0.15) is 42.1 Å². The molecule has 2 N–H and O–H groups in total. The van der Waals surface area contributed by atoms with Crippen LogP contribution in [0.4, 0.5) is 5.69 Å². The largest absolute Gasteiger partial charge is 0.466 e. The van der Waals surface area contributed by atoms with Gasteiger partial charge in [0, 0.05) is 17.7 Å². The van der Waals surface area contributed by atoms with E-state index in [2.05, 4.69) is 10.6 Å². The van der Waals surface area contributed by atoms with Gasteiger partial charge in [-0.2, -0.15) is 0 Å². The quantitative estimate of drug-likeness (QED) is 0.283. The molecule has 0 aliphatic carbocycles. The van der Waals surface area contributed by atoms with Crippen molar-refractivity contribution in [2.75, 3.05) is 11.9 Å². The number of esters is 1. The number of thiocarbonyl (C=S) groups is 1. The van der Waals surface area contributed by atoms with Crippen molar-refractivity contribution < 1.29 is 19.1 Å². The molecule has 2 aromatic rings. The molecule has 29 heavy (non-hydrogen) atoms. The summed E-state index contributed by atoms with van der Waals surface area (Å²) in [6.45, 7) is 1.81. The molecule has 0 aromatic heterocycles. The van der Waals surface area contributed by atoms with E-state index in [0.29, 0.717) is 17.9 Å². The monoisotopic (exact) mass is 412 g/mol. The molecule has 0 bridgehead atoms. The van der Waals surface area contributed by atoms with Gasteiger partial charge in [0.05, 0.1) is 13.0 Å². The van der Waals surface area contributed by atoms with Crippen LogP contribution in [0.15, 0.2) is 54.6 Å². The lowest BCUT2D eigenvalue weighted by molar-refractivity contribution is -0.145. The number of ether oxygens (including phenoxy) is 1. The fourth-order valence-electron chi connectivity index (χ4n) is 2.53. The Kier molecular flexibility index (Phi) is 8.98. The van der Waals surface area contributed by atoms with Gasteiger partial charge in [-0.05, 0) is 61.8 Å². The first kappa shape index (κ1) is 22.2. The van der Waals surface area contributed by atoms with Crippen LogP contribution >= 0.6 is 12.2 Å². The Hall–Kier alpha value is -3.06. The molecule has 7 heteroatoms. The summed E-state index contributed by atoms with van der Waals surface area (Å²) in [6, 6.07) is 16.7. The van der Waals surface area contributed by atoms with E-state index in [9.17, 15) is 14.4 Å². The molecule has 1 amide bonds. The zero-order valence-electron chi connectivity index (χ0n) is 16.3. The topological polar surface area (TPSA) is 84.5 Å². The Balaban J connectivity index is 1.61. The molecule has 2 aromatic carbocycles. The van der Waals surface area contributed by atoms with Crippen molar-refractivity contribution >= 4 is 40.7 Å². The molecule has 0 unspecified atom stereocenters. The summed E-state index contributed by atoms with van der Waals surface area (Å²) in [5.41, 5.74) is 2.44. The highest BCUT2D eigenvalue weighted by Gasteiger charge is 2.10. The lowest BCUT2D eigenvalue weighted by Crippen LogP contribution is -2.34. The maximum absolute atomic E-state index is 11.9. The number of ketones is 1. The van der Waals surface area contributed by atoms with Crippen LogP contribution in [-0.4, -0.2) is 29.4 Å². The van der Waals surface area contributed by atoms with E-state index in [1.54, 1.807) is 24.3 Å². The van der Waals surface area contributed by atoms with Crippen LogP contribution in [0, 0.1) is 0 Å². The number of anilines is 1. The fourth-order valence-corrected chi connectivity index (χ4v) is 2.77. The summed E-state index contributed by atoms with van der Waals surface area (Å²) in [6.07, 6.45) is 1.55. The second kappa shape index (κ2) is 11.7. The first-order valence-corrected chi connectivity index (χ1v) is 9.76. The van der Waals surface area contributed by atoms with Crippen molar-refractivity contribution in [3.63, 3.8) is 0 Å². The van der Waals surface area contributed by atoms with Crippen molar-refractivity contribution in [2.24, 2.45) is 0 Å². The summed E-state index contributed by atoms with van der Waals surface area (Å²) < 4.78 is 5.15. The Bertz CT molecular complexity index is 851. The highest BCUT2D eigenvalue weighted by Crippen LogP contribution is 2.10. The number of rotatable bonds is 9. The van der Waals surface area contributed by atoms with Crippen molar-refractivity contribution in [2.45, 2.75) is 32.6 Å². The maximum atomic E-state index is 11.9. The van der Waals surface area contributed by atoms with Crippen molar-refractivity contribution in [3.05, 3.63) is 65.7 Å². The normalized spacial score (nSPS) is 10.1. The number of benzene rings is 2. The van der Waals surface area contributed by atoms with Gasteiger partial charge in [0.1, 0.15) is 0 Å². The van der Waals surface area contributed by atoms with E-state index < -0.39 is 5.97 Å². The number of Topliss-reactive ketones (excluding diaryl/α,β-unsaturated/α-hetero) is 1. The first-order chi connectivity index (χ1) is 13.9. The summed E-state index contributed by atoms with van der Waals surface area (Å²) in [5, 5.41) is 5.50. The maximum Gasteiger partial charge on any atom is 0.306 e. The summed E-state index contributed by atoms with van der Waals surface area (Å²) in [5.74, 6) is -0.810. The Labute approximate surface area is 175 Å². The molecule has 0 aliphatic rings. The predicted octanol–water partition coefficient (Wildman–Crippen LogP) is 3.66. The van der Waals surface area contributed by atoms with Crippen LogP contribution < -0.4 is 10.6 Å². The summed E-state index contributed by atoms with van der Waals surface area (Å²) in [7, 11) is 0. The highest BCUT2D eigenvalue weighted by molar-refractivity contribution is 7.80. The summed E-state index contributed by atoms with van der Waals surface area (Å²) >= 11 is 5.08. The van der Waals surface area contributed by atoms with Gasteiger partial charge in [0.25, 0.3) is 0 Å². The number of aryl methyl sites for hydroxylation is 1. The lowest BCUT2D eigenvalue weighted by atomic mass is 10.1. The first-order valence-electron chi connectivity index (χ1n) is 9.35. The van der Waals surface area contributed by atoms with E-state index in [-0.39, 0.29) is 29.6 Å². The van der Waals surface area contributed by atoms with E-state index >= 15 is 0 Å². The van der Waals surface area contributed by atoms with Gasteiger partial charge in [0.15, 0.2) is 10.9 Å². The van der Waals surface area contributed by atoms with E-state index in [0.717, 1.165) is 12.8 Å². The molecule has 0 saturated heterocycles. The molecule has 6 nitrogen and oxygen atoms in total. The van der Waals surface area contributed by atoms with Crippen molar-refractivity contribution in [1.82, 2.24) is 5.32 Å². The molecule has 0 aliphatic heterocycles. The van der Waals surface area contributed by atoms with Gasteiger partial charge < -0.3 is 15.4 Å². The fraction of sp³-hybridized carbons (Fsp3) is 0.273. The second-order valence-electron chi connectivity index (χ2n) is 6.45. The van der Waals surface area contributed by atoms with Crippen LogP contribution in [0.2, 0.25) is 0 Å². The zero-order chi connectivity index (χ0) is 21.1. The highest BCUT2D eigenvalue weighted by atomic mass is 32.1. The minimum atomic E-state index is -0.410. The second-order valence-corrected chi connectivity index (χ2v) is 6.85. The Morgan fingerprint density at radius 2 is 1.66 bits per heavy atom. The molecule has 2 rings (SSSR count). The summed E-state index contributed by atoms with van der Waals surface area (Å²) in [4.78, 5) is 34.9. The number of hydrogen-bond acceptors (Lipinski definition) is 5. The SMILES string of the molecule is CC(=O)c1ccc(NC(=S)NC(=O)CCC(=O)OCCCc2ccccc2)cc1.